The van der Waals surface area contributed by atoms with Crippen LogP contribution in [0.3, 0.4) is 0 Å². The zero-order chi connectivity index (χ0) is 29.8. The van der Waals surface area contributed by atoms with Gasteiger partial charge in [-0.15, -0.1) is 0 Å². The largest absolute Gasteiger partial charge is 0.342 e. The fraction of sp³-hybridized carbons (Fsp3) is 0.657. The molecule has 0 bridgehead atoms. The topological polar surface area (TPSA) is 87.8 Å². The highest BCUT2D eigenvalue weighted by Crippen LogP contribution is 2.74. The van der Waals surface area contributed by atoms with Crippen molar-refractivity contribution in [3.8, 4) is 6.07 Å². The molecule has 1 amide bonds. The third kappa shape index (κ3) is 3.63. The third-order valence-electron chi connectivity index (χ3n) is 13.1. The lowest BCUT2D eigenvalue weighted by Crippen LogP contribution is -2.68. The monoisotopic (exact) mass is 554 g/mol. The first-order valence-electron chi connectivity index (χ1n) is 15.5. The Labute approximate surface area is 245 Å². The van der Waals surface area contributed by atoms with E-state index in [1.165, 1.54) is 10.3 Å². The molecule has 0 radical (unpaired) electrons. The number of aromatic nitrogens is 2. The Morgan fingerprint density at radius 3 is 2.46 bits per heavy atom. The van der Waals surface area contributed by atoms with Gasteiger partial charge in [0, 0.05) is 28.8 Å². The smallest absolute Gasteiger partial charge is 0.330 e. The van der Waals surface area contributed by atoms with Crippen molar-refractivity contribution in [1.29, 1.82) is 5.26 Å². The molecule has 0 aliphatic heterocycles. The van der Waals surface area contributed by atoms with E-state index < -0.39 is 5.41 Å². The average Bonchev–Trinajstić information content (AvgIpc) is 3.44. The van der Waals surface area contributed by atoms with Crippen molar-refractivity contribution in [1.82, 2.24) is 15.1 Å². The molecule has 1 heterocycles. The third-order valence-corrected chi connectivity index (χ3v) is 13.1. The molecule has 6 nitrogen and oxygen atoms in total. The predicted octanol–water partition coefficient (Wildman–Crippen LogP) is 7.40. The molecular formula is C35H46N4O2. The molecule has 1 aromatic heterocycles. The molecule has 1 aromatic rings. The summed E-state index contributed by atoms with van der Waals surface area (Å²) < 4.78 is 1.42. The number of nitrogens with one attached hydrogen (secondary N) is 1. The van der Waals surface area contributed by atoms with E-state index in [2.05, 4.69) is 57.2 Å². The number of hydrogen-bond acceptors (Lipinski definition) is 4. The fourth-order valence-electron chi connectivity index (χ4n) is 10.7. The number of carbonyl (C=O) groups excluding carboxylic acids is 2. The minimum atomic E-state index is -0.596. The van der Waals surface area contributed by atoms with E-state index in [-0.39, 0.29) is 56.8 Å². The highest BCUT2D eigenvalue weighted by atomic mass is 16.2. The molecule has 41 heavy (non-hydrogen) atoms. The summed E-state index contributed by atoms with van der Waals surface area (Å²) in [6.45, 7) is 20.8. The summed E-state index contributed by atoms with van der Waals surface area (Å²) in [6, 6.07) is 3.89. The van der Waals surface area contributed by atoms with Crippen LogP contribution in [0.25, 0.3) is 0 Å². The predicted molar refractivity (Wildman–Crippen MR) is 159 cm³/mol. The zero-order valence-corrected chi connectivity index (χ0v) is 25.9. The molecule has 3 fully saturated rings. The van der Waals surface area contributed by atoms with E-state index in [1.54, 1.807) is 18.5 Å². The summed E-state index contributed by atoms with van der Waals surface area (Å²) in [5, 5.41) is 17.7. The highest BCUT2D eigenvalue weighted by Gasteiger charge is 2.69. The second-order valence-corrected chi connectivity index (χ2v) is 16.0. The molecule has 6 heteroatoms. The molecule has 2 unspecified atom stereocenters. The summed E-state index contributed by atoms with van der Waals surface area (Å²) in [7, 11) is 0. The van der Waals surface area contributed by atoms with Crippen molar-refractivity contribution in [2.75, 3.05) is 0 Å². The van der Waals surface area contributed by atoms with Crippen LogP contribution in [0.2, 0.25) is 0 Å². The molecule has 6 rings (SSSR count). The van der Waals surface area contributed by atoms with Crippen LogP contribution >= 0.6 is 0 Å². The lowest BCUT2D eigenvalue weighted by Gasteiger charge is -2.70. The van der Waals surface area contributed by atoms with E-state index in [9.17, 15) is 14.9 Å². The number of amides is 1. The number of nitrogens with zero attached hydrogens (tertiary/aromatic N) is 3. The lowest BCUT2D eigenvalue weighted by atomic mass is 9.34. The Hall–Kier alpha value is -2.94. The molecule has 1 N–H and O–H groups in total. The van der Waals surface area contributed by atoms with Gasteiger partial charge in [-0.3, -0.25) is 4.79 Å². The van der Waals surface area contributed by atoms with E-state index in [4.69, 9.17) is 6.58 Å². The van der Waals surface area contributed by atoms with Crippen molar-refractivity contribution in [2.24, 2.45) is 44.8 Å². The Balaban J connectivity index is 1.48. The molecule has 0 aromatic carbocycles. The number of carbonyl (C=O) groups is 2. The van der Waals surface area contributed by atoms with Gasteiger partial charge in [0.15, 0.2) is 5.78 Å². The second kappa shape index (κ2) is 8.55. The van der Waals surface area contributed by atoms with Crippen LogP contribution in [0.5, 0.6) is 0 Å². The van der Waals surface area contributed by atoms with Gasteiger partial charge < -0.3 is 5.32 Å². The molecule has 218 valence electrons. The quantitative estimate of drug-likeness (QED) is 0.392. The van der Waals surface area contributed by atoms with Gasteiger partial charge in [0.25, 0.3) is 0 Å². The van der Waals surface area contributed by atoms with Gasteiger partial charge in [-0.25, -0.2) is 4.79 Å². The minimum Gasteiger partial charge on any atom is -0.330 e. The van der Waals surface area contributed by atoms with Gasteiger partial charge in [-0.1, -0.05) is 78.3 Å². The van der Waals surface area contributed by atoms with Crippen LogP contribution < -0.4 is 5.32 Å². The average molecular weight is 555 g/mol. The first kappa shape index (κ1) is 28.2. The van der Waals surface area contributed by atoms with Crippen LogP contribution in [0.1, 0.15) is 93.4 Å². The maximum Gasteiger partial charge on any atom is 0.342 e. The maximum absolute atomic E-state index is 13.4. The number of nitriles is 1. The molecule has 5 aliphatic carbocycles. The van der Waals surface area contributed by atoms with Crippen LogP contribution in [-0.2, 0) is 4.79 Å². The van der Waals surface area contributed by atoms with Crippen molar-refractivity contribution in [3.63, 3.8) is 0 Å². The number of ketones is 1. The summed E-state index contributed by atoms with van der Waals surface area (Å²) in [6.07, 6.45) is 14.7. The van der Waals surface area contributed by atoms with E-state index in [0.29, 0.717) is 5.57 Å². The normalized spacial score (nSPS) is 42.3. The Morgan fingerprint density at radius 1 is 1.10 bits per heavy atom. The maximum atomic E-state index is 13.4. The molecule has 0 saturated heterocycles. The lowest BCUT2D eigenvalue weighted by molar-refractivity contribution is -0.138. The van der Waals surface area contributed by atoms with Crippen LogP contribution in [0.4, 0.5) is 4.79 Å². The SMILES string of the molecule is C=C1C=C2[C@@]3(C)C=C(C#N)C(=O)C(C)(C)[C@@H]3CC[C@@]2(C)[C@]2(C)CC[C@@]3(NC(=O)n4cccn4)CCC(C)(C)CC3C12. The van der Waals surface area contributed by atoms with Gasteiger partial charge in [0.05, 0.1) is 5.57 Å². The summed E-state index contributed by atoms with van der Waals surface area (Å²) >= 11 is 0. The van der Waals surface area contributed by atoms with Crippen LogP contribution in [0, 0.1) is 56.2 Å². The van der Waals surface area contributed by atoms with Gasteiger partial charge in [-0.05, 0) is 85.0 Å². The highest BCUT2D eigenvalue weighted by molar-refractivity contribution is 6.04. The van der Waals surface area contributed by atoms with Crippen molar-refractivity contribution in [3.05, 3.63) is 53.9 Å². The number of rotatable bonds is 1. The van der Waals surface area contributed by atoms with Gasteiger partial charge >= 0.3 is 6.03 Å². The van der Waals surface area contributed by atoms with Gasteiger partial charge in [0.2, 0.25) is 0 Å². The van der Waals surface area contributed by atoms with Crippen molar-refractivity contribution in [2.45, 2.75) is 99.0 Å². The minimum absolute atomic E-state index is 0.0230. The van der Waals surface area contributed by atoms with Crippen molar-refractivity contribution < 1.29 is 9.59 Å². The van der Waals surface area contributed by atoms with Crippen LogP contribution in [-0.4, -0.2) is 27.1 Å². The summed E-state index contributed by atoms with van der Waals surface area (Å²) in [5.41, 5.74) is 1.50. The first-order chi connectivity index (χ1) is 19.0. The Morgan fingerprint density at radius 2 is 1.80 bits per heavy atom. The van der Waals surface area contributed by atoms with Gasteiger partial charge in [-0.2, -0.15) is 15.0 Å². The van der Waals surface area contributed by atoms with Crippen molar-refractivity contribution >= 4 is 11.8 Å². The summed E-state index contributed by atoms with van der Waals surface area (Å²) in [4.78, 5) is 26.8. The Kier molecular flexibility index (Phi) is 5.88. The molecule has 5 aliphatic rings. The van der Waals surface area contributed by atoms with E-state index in [0.717, 1.165) is 50.5 Å². The number of fused-ring (bicyclic) bond motifs is 7. The standard InChI is InChI=1S/C35H46N4O2/c1-22-18-26-32(6)19-23(21-36)28(40)31(4,5)25(32)10-11-33(26,7)34(8)13-15-35(38-29(41)39-17-9-16-37-39)14-12-30(2,3)20-24(35)27(22)34/h9,16-19,24-25,27H,1,10-15,20H2,2-8H3,(H,38,41)/t24?,25-,27?,32-,33+,34+,35-/m0/s1. The first-order valence-corrected chi connectivity index (χ1v) is 15.5. The molecular weight excluding hydrogens is 508 g/mol. The fourth-order valence-corrected chi connectivity index (χ4v) is 10.7. The molecule has 3 saturated carbocycles. The van der Waals surface area contributed by atoms with Gasteiger partial charge in [0.1, 0.15) is 6.07 Å². The number of hydrogen-bond donors (Lipinski definition) is 1. The summed E-state index contributed by atoms with van der Waals surface area (Å²) in [5.74, 6) is 0.591. The second-order valence-electron chi connectivity index (χ2n) is 16.0. The Bertz CT molecular complexity index is 1440. The molecule has 0 spiro atoms. The van der Waals surface area contributed by atoms with Crippen LogP contribution in [0.15, 0.2) is 53.9 Å². The molecule has 7 atom stereocenters. The van der Waals surface area contributed by atoms with E-state index >= 15 is 0 Å². The van der Waals surface area contributed by atoms with E-state index in [1.807, 2.05) is 19.9 Å². The zero-order valence-electron chi connectivity index (χ0n) is 25.9. The number of Topliss-reactive ketones (excluding diaryl/α,β-unsaturated/α-hetero) is 1. The number of allylic oxidation sites excluding steroid dienone is 5.